The van der Waals surface area contributed by atoms with Crippen molar-refractivity contribution in [3.05, 3.63) is 63.6 Å². The molecule has 1 aliphatic carbocycles. The fourth-order valence-corrected chi connectivity index (χ4v) is 5.68. The quantitative estimate of drug-likeness (QED) is 0.331. The zero-order chi connectivity index (χ0) is 29.4. The van der Waals surface area contributed by atoms with Gasteiger partial charge < -0.3 is 38.8 Å². The highest BCUT2D eigenvalue weighted by atomic mass is 16.5. The van der Waals surface area contributed by atoms with E-state index in [-0.39, 0.29) is 37.0 Å². The highest BCUT2D eigenvalue weighted by molar-refractivity contribution is 5.82. The minimum absolute atomic E-state index is 0.0273. The molecule has 1 aromatic carbocycles. The first-order valence-corrected chi connectivity index (χ1v) is 14.1. The van der Waals surface area contributed by atoms with E-state index in [0.29, 0.717) is 37.7 Å². The van der Waals surface area contributed by atoms with E-state index in [1.54, 1.807) is 20.3 Å². The first-order chi connectivity index (χ1) is 19.8. The monoisotopic (exact) mass is 571 g/mol. The van der Waals surface area contributed by atoms with Gasteiger partial charge in [-0.3, -0.25) is 9.59 Å². The van der Waals surface area contributed by atoms with Crippen LogP contribution in [0, 0.1) is 5.92 Å². The van der Waals surface area contributed by atoms with E-state index in [9.17, 15) is 19.5 Å². The number of amides is 2. The number of hydrogen-bond donors (Lipinski definition) is 2. The van der Waals surface area contributed by atoms with E-state index >= 15 is 0 Å². The molecule has 2 fully saturated rings. The third-order valence-electron chi connectivity index (χ3n) is 7.94. The molecule has 2 aliphatic rings. The summed E-state index contributed by atoms with van der Waals surface area (Å²) < 4.78 is 22.4. The molecule has 0 spiro atoms. The molecule has 1 aliphatic heterocycles. The molecule has 2 N–H and O–H groups in total. The van der Waals surface area contributed by atoms with Crippen molar-refractivity contribution in [2.24, 2.45) is 5.92 Å². The molecule has 224 valence electrons. The van der Waals surface area contributed by atoms with Crippen LogP contribution in [0.1, 0.15) is 42.4 Å². The summed E-state index contributed by atoms with van der Waals surface area (Å²) in [6, 6.07) is 9.26. The number of carbonyl (C=O) groups is 2. The van der Waals surface area contributed by atoms with Crippen LogP contribution in [-0.4, -0.2) is 92.2 Å². The Morgan fingerprint density at radius 2 is 1.83 bits per heavy atom. The summed E-state index contributed by atoms with van der Waals surface area (Å²) in [5, 5.41) is 9.80. The molecular weight excluding hydrogens is 530 g/mol. The molecule has 41 heavy (non-hydrogen) atoms. The molecule has 4 rings (SSSR count). The van der Waals surface area contributed by atoms with Gasteiger partial charge in [0.25, 0.3) is 0 Å². The highest BCUT2D eigenvalue weighted by Crippen LogP contribution is 2.43. The molecule has 2 heterocycles. The Hall–Kier alpha value is -3.41. The average molecular weight is 572 g/mol. The zero-order valence-corrected chi connectivity index (χ0v) is 24.1. The van der Waals surface area contributed by atoms with Gasteiger partial charge in [0.15, 0.2) is 0 Å². The van der Waals surface area contributed by atoms with Crippen molar-refractivity contribution in [3.63, 3.8) is 0 Å². The molecule has 0 bridgehead atoms. The Labute approximate surface area is 240 Å². The van der Waals surface area contributed by atoms with Crippen LogP contribution in [-0.2, 0) is 37.6 Å². The molecule has 2 aromatic rings. The van der Waals surface area contributed by atoms with Crippen molar-refractivity contribution in [1.82, 2.24) is 14.8 Å². The highest BCUT2D eigenvalue weighted by Gasteiger charge is 2.52. The van der Waals surface area contributed by atoms with Crippen LogP contribution in [0.15, 0.2) is 41.3 Å². The van der Waals surface area contributed by atoms with Gasteiger partial charge in [-0.2, -0.15) is 0 Å². The summed E-state index contributed by atoms with van der Waals surface area (Å²) in [5.74, 6) is -0.311. The standard InChI is InChI=1S/C30H41N3O8/c1-38-12-4-5-21-15-22(17-25(16-21)41-14-13-39-2)19-33(24-6-7-24)28(35)26-20-32(29(36)37)11-9-30(26,40-3)23-8-10-31-27(34)18-23/h8,10,15-18,24,26H,4-7,9,11-14,19-20H2,1-3H3,(H,31,34)(H,36,37)/t26-,30-/m1/s1. The number of methoxy groups -OCH3 is 3. The Kier molecular flexibility index (Phi) is 10.4. The van der Waals surface area contributed by atoms with Crippen LogP contribution in [0.5, 0.6) is 5.75 Å². The molecular formula is C30H41N3O8. The number of aryl methyl sites for hydroxylation is 1. The van der Waals surface area contributed by atoms with Crippen LogP contribution in [0.3, 0.4) is 0 Å². The molecule has 0 radical (unpaired) electrons. The van der Waals surface area contributed by atoms with E-state index in [4.69, 9.17) is 18.9 Å². The predicted molar refractivity (Wildman–Crippen MR) is 151 cm³/mol. The summed E-state index contributed by atoms with van der Waals surface area (Å²) in [7, 11) is 4.82. The second kappa shape index (κ2) is 14.0. The lowest BCUT2D eigenvalue weighted by Gasteiger charge is -2.47. The SMILES string of the molecule is COCCCc1cc(CN(C(=O)[C@H]2CN(C(=O)O)CC[C@@]2(OC)c2cc[nH]c(=O)c2)C2CC2)cc(OCCOC)c1. The number of nitrogens with one attached hydrogen (secondary N) is 1. The molecule has 2 atom stereocenters. The second-order valence-corrected chi connectivity index (χ2v) is 10.7. The first kappa shape index (κ1) is 30.5. The van der Waals surface area contributed by atoms with Crippen molar-refractivity contribution >= 4 is 12.0 Å². The number of piperidine rings is 1. The smallest absolute Gasteiger partial charge is 0.407 e. The number of pyridine rings is 1. The van der Waals surface area contributed by atoms with E-state index in [1.807, 2.05) is 17.0 Å². The van der Waals surface area contributed by atoms with E-state index < -0.39 is 17.6 Å². The fraction of sp³-hybridized carbons (Fsp3) is 0.567. The fourth-order valence-electron chi connectivity index (χ4n) is 5.68. The van der Waals surface area contributed by atoms with Gasteiger partial charge in [-0.1, -0.05) is 6.07 Å². The maximum Gasteiger partial charge on any atom is 0.407 e. The van der Waals surface area contributed by atoms with Crippen LogP contribution in [0.4, 0.5) is 4.79 Å². The van der Waals surface area contributed by atoms with Crippen LogP contribution in [0.25, 0.3) is 0 Å². The second-order valence-electron chi connectivity index (χ2n) is 10.7. The van der Waals surface area contributed by atoms with E-state index in [0.717, 1.165) is 36.8 Å². The zero-order valence-electron chi connectivity index (χ0n) is 24.1. The van der Waals surface area contributed by atoms with Gasteiger partial charge >= 0.3 is 6.09 Å². The third-order valence-corrected chi connectivity index (χ3v) is 7.94. The number of ether oxygens (including phenoxy) is 4. The molecule has 1 saturated heterocycles. The summed E-state index contributed by atoms with van der Waals surface area (Å²) in [5.41, 5.74) is 1.13. The summed E-state index contributed by atoms with van der Waals surface area (Å²) >= 11 is 0. The van der Waals surface area contributed by atoms with Gasteiger partial charge in [0.1, 0.15) is 18.0 Å². The number of carbonyl (C=O) groups excluding carboxylic acids is 1. The number of hydrogen-bond acceptors (Lipinski definition) is 7. The van der Waals surface area contributed by atoms with Crippen LogP contribution < -0.4 is 10.3 Å². The van der Waals surface area contributed by atoms with E-state index in [1.165, 1.54) is 24.3 Å². The number of benzene rings is 1. The maximum atomic E-state index is 14.5. The van der Waals surface area contributed by atoms with Gasteiger partial charge in [-0.25, -0.2) is 4.79 Å². The largest absolute Gasteiger partial charge is 0.491 e. The van der Waals surface area contributed by atoms with Gasteiger partial charge in [-0.05, 0) is 67.0 Å². The van der Waals surface area contributed by atoms with Crippen molar-refractivity contribution in [1.29, 1.82) is 0 Å². The number of rotatable bonds is 14. The molecule has 0 unspecified atom stereocenters. The Morgan fingerprint density at radius 1 is 1.07 bits per heavy atom. The number of nitrogens with zero attached hydrogens (tertiary/aromatic N) is 2. The molecule has 1 saturated carbocycles. The third kappa shape index (κ3) is 7.46. The first-order valence-electron chi connectivity index (χ1n) is 14.1. The molecule has 1 aromatic heterocycles. The lowest BCUT2D eigenvalue weighted by atomic mass is 9.75. The van der Waals surface area contributed by atoms with Crippen molar-refractivity contribution in [3.8, 4) is 5.75 Å². The predicted octanol–water partition coefficient (Wildman–Crippen LogP) is 3.01. The van der Waals surface area contributed by atoms with Crippen molar-refractivity contribution in [2.75, 3.05) is 54.2 Å². The minimum atomic E-state index is -1.14. The van der Waals surface area contributed by atoms with Gasteiger partial charge in [-0.15, -0.1) is 0 Å². The number of likely N-dealkylation sites (tertiary alicyclic amines) is 1. The van der Waals surface area contributed by atoms with Crippen LogP contribution in [0.2, 0.25) is 0 Å². The van der Waals surface area contributed by atoms with Crippen LogP contribution >= 0.6 is 0 Å². The van der Waals surface area contributed by atoms with Crippen molar-refractivity contribution < 1.29 is 33.6 Å². The maximum absolute atomic E-state index is 14.5. The topological polar surface area (TPSA) is 131 Å². The molecule has 11 heteroatoms. The number of aromatic nitrogens is 1. The lowest BCUT2D eigenvalue weighted by Crippen LogP contribution is -2.58. The van der Waals surface area contributed by atoms with Crippen molar-refractivity contribution in [2.45, 2.75) is 50.3 Å². The Morgan fingerprint density at radius 3 is 2.49 bits per heavy atom. The van der Waals surface area contributed by atoms with Gasteiger partial charge in [0.05, 0.1) is 12.5 Å². The van der Waals surface area contributed by atoms with Gasteiger partial charge in [0, 0.05) is 65.9 Å². The van der Waals surface area contributed by atoms with E-state index in [2.05, 4.69) is 11.1 Å². The molecule has 2 amide bonds. The Bertz CT molecular complexity index is 1220. The Balaban J connectivity index is 1.67. The summed E-state index contributed by atoms with van der Waals surface area (Å²) in [4.78, 5) is 44.4. The van der Waals surface area contributed by atoms with Gasteiger partial charge in [0.2, 0.25) is 11.5 Å². The summed E-state index contributed by atoms with van der Waals surface area (Å²) in [6.07, 6.45) is 4.09. The normalized spacial score (nSPS) is 20.6. The summed E-state index contributed by atoms with van der Waals surface area (Å²) in [6.45, 7) is 2.01. The number of carboxylic acid groups (broad SMARTS) is 1. The lowest BCUT2D eigenvalue weighted by molar-refractivity contribution is -0.159. The average Bonchev–Trinajstić information content (AvgIpc) is 3.81. The minimum Gasteiger partial charge on any atom is -0.491 e. The number of aromatic amines is 1. The molecule has 11 nitrogen and oxygen atoms in total. The number of H-pyrrole nitrogens is 1.